The number of azide groups is 1. The number of amides is 1. The van der Waals surface area contributed by atoms with Crippen LogP contribution in [0.4, 0.5) is 4.79 Å². The molecule has 0 aliphatic heterocycles. The van der Waals surface area contributed by atoms with E-state index in [1.807, 2.05) is 0 Å². The minimum Gasteiger partial charge on any atom is -0.465 e. The monoisotopic (exact) mass is 184 g/mol. The highest BCUT2D eigenvalue weighted by atomic mass is 16.4. The summed E-state index contributed by atoms with van der Waals surface area (Å²) >= 11 is 0. The quantitative estimate of drug-likeness (QED) is 0.389. The maximum absolute atomic E-state index is 10.4. The van der Waals surface area contributed by atoms with Gasteiger partial charge in [-0.3, -0.25) is 0 Å². The topological polar surface area (TPSA) is 98.1 Å². The Hall–Kier alpha value is -1.42. The Labute approximate surface area is 75.6 Å². The molecule has 1 fully saturated rings. The lowest BCUT2D eigenvalue weighted by Gasteiger charge is -2.27. The van der Waals surface area contributed by atoms with Crippen molar-refractivity contribution >= 4 is 6.09 Å². The fraction of sp³-hybridized carbons (Fsp3) is 0.857. The number of carbonyl (C=O) groups is 1. The van der Waals surface area contributed by atoms with Crippen molar-refractivity contribution < 1.29 is 9.90 Å². The summed E-state index contributed by atoms with van der Waals surface area (Å²) in [6.45, 7) is 0. The van der Waals surface area contributed by atoms with E-state index in [-0.39, 0.29) is 12.1 Å². The summed E-state index contributed by atoms with van der Waals surface area (Å²) < 4.78 is 0. The molecule has 13 heavy (non-hydrogen) atoms. The number of nitrogens with one attached hydrogen (secondary N) is 1. The second kappa shape index (κ2) is 4.57. The van der Waals surface area contributed by atoms with E-state index in [4.69, 9.17) is 10.6 Å². The van der Waals surface area contributed by atoms with Crippen LogP contribution in [0.1, 0.15) is 25.7 Å². The van der Waals surface area contributed by atoms with Crippen LogP contribution in [0.15, 0.2) is 5.11 Å². The van der Waals surface area contributed by atoms with Gasteiger partial charge in [0.25, 0.3) is 0 Å². The molecule has 6 nitrogen and oxygen atoms in total. The highest BCUT2D eigenvalue weighted by molar-refractivity contribution is 5.65. The summed E-state index contributed by atoms with van der Waals surface area (Å²) in [5, 5.41) is 14.4. The molecule has 1 aliphatic rings. The molecule has 1 saturated carbocycles. The first-order valence-electron chi connectivity index (χ1n) is 4.27. The van der Waals surface area contributed by atoms with Crippen molar-refractivity contribution in [3.63, 3.8) is 0 Å². The third-order valence-electron chi connectivity index (χ3n) is 2.24. The SMILES string of the molecule is [N-]=[N+]=NC1CCCCC1NC(=O)O. The number of hydrogen-bond acceptors (Lipinski definition) is 2. The van der Waals surface area contributed by atoms with Crippen LogP contribution in [0.25, 0.3) is 10.4 Å². The number of carboxylic acid groups (broad SMARTS) is 1. The molecule has 0 saturated heterocycles. The fourth-order valence-corrected chi connectivity index (χ4v) is 1.64. The van der Waals surface area contributed by atoms with Gasteiger partial charge in [-0.15, -0.1) is 0 Å². The summed E-state index contributed by atoms with van der Waals surface area (Å²) in [6, 6.07) is -0.419. The molecule has 0 aromatic carbocycles. The van der Waals surface area contributed by atoms with Crippen LogP contribution in [0.3, 0.4) is 0 Å². The van der Waals surface area contributed by atoms with Crippen LogP contribution in [0.5, 0.6) is 0 Å². The van der Waals surface area contributed by atoms with Gasteiger partial charge in [-0.1, -0.05) is 18.0 Å². The van der Waals surface area contributed by atoms with Gasteiger partial charge in [0.1, 0.15) is 0 Å². The van der Waals surface area contributed by atoms with E-state index in [2.05, 4.69) is 15.3 Å². The van der Waals surface area contributed by atoms with Gasteiger partial charge in [0.05, 0.1) is 6.04 Å². The molecule has 0 radical (unpaired) electrons. The molecular formula is C7H12N4O2. The molecule has 1 aliphatic carbocycles. The maximum Gasteiger partial charge on any atom is 0.404 e. The normalized spacial score (nSPS) is 27.4. The zero-order valence-electron chi connectivity index (χ0n) is 7.18. The smallest absolute Gasteiger partial charge is 0.404 e. The van der Waals surface area contributed by atoms with E-state index >= 15 is 0 Å². The van der Waals surface area contributed by atoms with Crippen molar-refractivity contribution in [1.29, 1.82) is 0 Å². The van der Waals surface area contributed by atoms with Crippen molar-refractivity contribution in [1.82, 2.24) is 5.32 Å². The summed E-state index contributed by atoms with van der Waals surface area (Å²) in [5.41, 5.74) is 8.25. The van der Waals surface area contributed by atoms with E-state index in [0.717, 1.165) is 25.7 Å². The second-order valence-electron chi connectivity index (χ2n) is 3.11. The third-order valence-corrected chi connectivity index (χ3v) is 2.24. The van der Waals surface area contributed by atoms with Gasteiger partial charge in [0, 0.05) is 11.0 Å². The summed E-state index contributed by atoms with van der Waals surface area (Å²) in [5.74, 6) is 0. The molecule has 1 rings (SSSR count). The predicted molar refractivity (Wildman–Crippen MR) is 46.4 cm³/mol. The highest BCUT2D eigenvalue weighted by Gasteiger charge is 2.25. The van der Waals surface area contributed by atoms with Gasteiger partial charge in [-0.25, -0.2) is 4.79 Å². The fourth-order valence-electron chi connectivity index (χ4n) is 1.64. The van der Waals surface area contributed by atoms with Crippen molar-refractivity contribution in [2.24, 2.45) is 5.11 Å². The predicted octanol–water partition coefficient (Wildman–Crippen LogP) is 1.88. The molecule has 0 aromatic rings. The molecule has 0 aromatic heterocycles. The number of hydrogen-bond donors (Lipinski definition) is 2. The van der Waals surface area contributed by atoms with Crippen molar-refractivity contribution in [2.75, 3.05) is 0 Å². The Morgan fingerprint density at radius 2 is 2.23 bits per heavy atom. The Balaban J connectivity index is 2.55. The second-order valence-corrected chi connectivity index (χ2v) is 3.11. The first kappa shape index (κ1) is 9.67. The Kier molecular flexibility index (Phi) is 3.40. The first-order chi connectivity index (χ1) is 6.24. The Bertz CT molecular complexity index is 237. The van der Waals surface area contributed by atoms with Crippen LogP contribution < -0.4 is 5.32 Å². The largest absolute Gasteiger partial charge is 0.465 e. The summed E-state index contributed by atoms with van der Waals surface area (Å²) in [4.78, 5) is 13.1. The first-order valence-corrected chi connectivity index (χ1v) is 4.27. The van der Waals surface area contributed by atoms with E-state index in [1.165, 1.54) is 0 Å². The van der Waals surface area contributed by atoms with Crippen molar-refractivity contribution in [2.45, 2.75) is 37.8 Å². The molecule has 0 bridgehead atoms. The molecule has 0 heterocycles. The van der Waals surface area contributed by atoms with Crippen LogP contribution in [-0.2, 0) is 0 Å². The van der Waals surface area contributed by atoms with E-state index < -0.39 is 6.09 Å². The molecule has 72 valence electrons. The van der Waals surface area contributed by atoms with Crippen LogP contribution >= 0.6 is 0 Å². The van der Waals surface area contributed by atoms with E-state index in [0.29, 0.717) is 0 Å². The lowest BCUT2D eigenvalue weighted by atomic mass is 9.91. The number of rotatable bonds is 2. The third kappa shape index (κ3) is 2.83. The standard InChI is InChI=1S/C7H12N4O2/c8-11-10-6-4-2-1-3-5(6)9-7(12)13/h5-6,9H,1-4H2,(H,12,13). The van der Waals surface area contributed by atoms with E-state index in [1.54, 1.807) is 0 Å². The van der Waals surface area contributed by atoms with Crippen molar-refractivity contribution in [3.05, 3.63) is 10.4 Å². The van der Waals surface area contributed by atoms with Gasteiger partial charge in [-0.05, 0) is 18.4 Å². The molecule has 0 spiro atoms. The van der Waals surface area contributed by atoms with Crippen molar-refractivity contribution in [3.8, 4) is 0 Å². The molecule has 6 heteroatoms. The zero-order valence-corrected chi connectivity index (χ0v) is 7.18. The average molecular weight is 184 g/mol. The molecule has 1 amide bonds. The van der Waals surface area contributed by atoms with Crippen LogP contribution in [0, 0.1) is 0 Å². The Morgan fingerprint density at radius 3 is 2.85 bits per heavy atom. The molecular weight excluding hydrogens is 172 g/mol. The summed E-state index contributed by atoms with van der Waals surface area (Å²) in [6.07, 6.45) is 2.47. The van der Waals surface area contributed by atoms with Gasteiger partial charge in [0.15, 0.2) is 0 Å². The maximum atomic E-state index is 10.4. The van der Waals surface area contributed by atoms with Gasteiger partial charge >= 0.3 is 6.09 Å². The van der Waals surface area contributed by atoms with Gasteiger partial charge in [0.2, 0.25) is 0 Å². The average Bonchev–Trinajstić information content (AvgIpc) is 2.08. The lowest BCUT2D eigenvalue weighted by Crippen LogP contribution is -2.43. The van der Waals surface area contributed by atoms with Gasteiger partial charge < -0.3 is 10.4 Å². The van der Waals surface area contributed by atoms with Crippen LogP contribution in [-0.4, -0.2) is 23.3 Å². The Morgan fingerprint density at radius 1 is 1.54 bits per heavy atom. The minimum atomic E-state index is -1.05. The van der Waals surface area contributed by atoms with Gasteiger partial charge in [-0.2, -0.15) is 0 Å². The number of nitrogens with zero attached hydrogens (tertiary/aromatic N) is 3. The zero-order chi connectivity index (χ0) is 9.68. The molecule has 2 N–H and O–H groups in total. The van der Waals surface area contributed by atoms with E-state index in [9.17, 15) is 4.79 Å². The lowest BCUT2D eigenvalue weighted by molar-refractivity contribution is 0.183. The molecule has 2 unspecified atom stereocenters. The highest BCUT2D eigenvalue weighted by Crippen LogP contribution is 2.21. The summed E-state index contributed by atoms with van der Waals surface area (Å²) in [7, 11) is 0. The van der Waals surface area contributed by atoms with Crippen LogP contribution in [0.2, 0.25) is 0 Å². The molecule has 2 atom stereocenters. The minimum absolute atomic E-state index is 0.206.